The number of halogens is 3. The minimum atomic E-state index is -4.51. The number of carbonyl (C=O) groups is 1. The van der Waals surface area contributed by atoms with E-state index < -0.39 is 11.9 Å². The van der Waals surface area contributed by atoms with E-state index in [0.29, 0.717) is 24.3 Å². The number of likely N-dealkylation sites (tertiary alicyclic amines) is 1. The Morgan fingerprint density at radius 2 is 1.71 bits per heavy atom. The van der Waals surface area contributed by atoms with Gasteiger partial charge in [-0.3, -0.25) is 4.90 Å². The van der Waals surface area contributed by atoms with Gasteiger partial charge in [0.25, 0.3) is 0 Å². The molecular formula is C25H31F3N6O. The molecule has 10 heteroatoms. The molecule has 2 aliphatic heterocycles. The van der Waals surface area contributed by atoms with Crippen LogP contribution in [0, 0.1) is 5.41 Å². The molecule has 1 aliphatic carbocycles. The Kier molecular flexibility index (Phi) is 6.11. The molecule has 3 heterocycles. The highest BCUT2D eigenvalue weighted by Gasteiger charge is 2.52. The summed E-state index contributed by atoms with van der Waals surface area (Å²) in [6.07, 6.45) is -0.576. The van der Waals surface area contributed by atoms with Crippen LogP contribution >= 0.6 is 0 Å². The van der Waals surface area contributed by atoms with Gasteiger partial charge in [-0.15, -0.1) is 0 Å². The van der Waals surface area contributed by atoms with Crippen LogP contribution < -0.4 is 10.2 Å². The zero-order valence-corrected chi connectivity index (χ0v) is 20.0. The van der Waals surface area contributed by atoms with Crippen molar-refractivity contribution in [1.29, 1.82) is 0 Å². The number of rotatable bonds is 4. The van der Waals surface area contributed by atoms with E-state index in [1.807, 2.05) is 29.7 Å². The van der Waals surface area contributed by atoms with Gasteiger partial charge in [-0.25, -0.2) is 14.8 Å². The highest BCUT2D eigenvalue weighted by molar-refractivity contribution is 5.76. The summed E-state index contributed by atoms with van der Waals surface area (Å²) in [5.41, 5.74) is 0.661. The second-order valence-electron chi connectivity index (χ2n) is 10.5. The monoisotopic (exact) mass is 488 g/mol. The van der Waals surface area contributed by atoms with Gasteiger partial charge < -0.3 is 15.1 Å². The Balaban J connectivity index is 1.09. The molecule has 35 heavy (non-hydrogen) atoms. The summed E-state index contributed by atoms with van der Waals surface area (Å²) in [7, 11) is 0. The van der Waals surface area contributed by atoms with Crippen molar-refractivity contribution in [3.8, 4) is 0 Å². The predicted molar refractivity (Wildman–Crippen MR) is 126 cm³/mol. The fourth-order valence-electron chi connectivity index (χ4n) is 5.99. The standard InChI is InChI=1S/C25H31F3N6O/c1-17-12-33(22-11-29-21(10-30-22)25(26,27)28)13-18(2)34(17)23(35)31-20-8-24(9-20)15-32(16-24)14-19-6-4-3-5-7-19/h3-7,10-11,17-18,20H,8-9,12-16H2,1-2H3,(H,31,35)/t17-,18-/m1/s1. The number of piperazine rings is 1. The third-order valence-corrected chi connectivity index (χ3v) is 7.46. The topological polar surface area (TPSA) is 64.6 Å². The normalized spacial score (nSPS) is 24.7. The average molecular weight is 489 g/mol. The summed E-state index contributed by atoms with van der Waals surface area (Å²) in [5, 5.41) is 3.21. The van der Waals surface area contributed by atoms with Gasteiger partial charge in [0.1, 0.15) is 5.82 Å². The highest BCUT2D eigenvalue weighted by Crippen LogP contribution is 2.48. The zero-order chi connectivity index (χ0) is 24.8. The molecule has 0 bridgehead atoms. The first kappa shape index (κ1) is 23.8. The van der Waals surface area contributed by atoms with Gasteiger partial charge in [0, 0.05) is 50.8 Å². The molecule has 0 radical (unpaired) electrons. The van der Waals surface area contributed by atoms with E-state index in [1.54, 1.807) is 0 Å². The number of carbonyl (C=O) groups excluding carboxylic acids is 1. The third-order valence-electron chi connectivity index (χ3n) is 7.46. The number of nitrogens with zero attached hydrogens (tertiary/aromatic N) is 5. The first-order valence-electron chi connectivity index (χ1n) is 12.1. The van der Waals surface area contributed by atoms with Crippen molar-refractivity contribution in [3.05, 3.63) is 54.0 Å². The molecule has 0 unspecified atom stereocenters. The molecule has 1 saturated carbocycles. The first-order chi connectivity index (χ1) is 16.6. The summed E-state index contributed by atoms with van der Waals surface area (Å²) in [5.74, 6) is 0.391. The van der Waals surface area contributed by atoms with Crippen molar-refractivity contribution >= 4 is 11.8 Å². The van der Waals surface area contributed by atoms with Gasteiger partial charge in [-0.1, -0.05) is 30.3 Å². The van der Waals surface area contributed by atoms with Crippen LogP contribution in [0.1, 0.15) is 37.9 Å². The van der Waals surface area contributed by atoms with Gasteiger partial charge in [-0.05, 0) is 37.7 Å². The number of amides is 2. The lowest BCUT2D eigenvalue weighted by Gasteiger charge is -2.59. The van der Waals surface area contributed by atoms with Crippen LogP contribution in [-0.4, -0.2) is 70.1 Å². The summed E-state index contributed by atoms with van der Waals surface area (Å²) in [6, 6.07) is 10.4. The number of aromatic nitrogens is 2. The number of urea groups is 1. The van der Waals surface area contributed by atoms with Crippen molar-refractivity contribution < 1.29 is 18.0 Å². The van der Waals surface area contributed by atoms with Gasteiger partial charge in [0.15, 0.2) is 5.69 Å². The second-order valence-corrected chi connectivity index (χ2v) is 10.5. The number of anilines is 1. The molecule has 2 aromatic rings. The van der Waals surface area contributed by atoms with Crippen molar-refractivity contribution in [2.75, 3.05) is 31.1 Å². The number of alkyl halides is 3. The van der Waals surface area contributed by atoms with Crippen LogP contribution in [0.3, 0.4) is 0 Å². The molecule has 7 nitrogen and oxygen atoms in total. The zero-order valence-electron chi connectivity index (χ0n) is 20.0. The molecule has 2 amide bonds. The Bertz CT molecular complexity index is 1020. The first-order valence-corrected chi connectivity index (χ1v) is 12.1. The number of hydrogen-bond acceptors (Lipinski definition) is 5. The van der Waals surface area contributed by atoms with Crippen LogP contribution in [0.15, 0.2) is 42.7 Å². The van der Waals surface area contributed by atoms with E-state index >= 15 is 0 Å². The fraction of sp³-hybridized carbons (Fsp3) is 0.560. The van der Waals surface area contributed by atoms with Crippen molar-refractivity contribution in [3.63, 3.8) is 0 Å². The summed E-state index contributed by atoms with van der Waals surface area (Å²) in [4.78, 5) is 26.8. The molecule has 1 N–H and O–H groups in total. The maximum Gasteiger partial charge on any atom is 0.434 e. The van der Waals surface area contributed by atoms with Gasteiger partial charge in [-0.2, -0.15) is 13.2 Å². The number of benzene rings is 1. The molecular weight excluding hydrogens is 457 g/mol. The maximum absolute atomic E-state index is 13.1. The molecule has 3 aliphatic rings. The van der Waals surface area contributed by atoms with Gasteiger partial charge in [0.05, 0.1) is 12.4 Å². The summed E-state index contributed by atoms with van der Waals surface area (Å²) in [6.45, 7) is 8.01. The van der Waals surface area contributed by atoms with Crippen LogP contribution in [0.4, 0.5) is 23.8 Å². The SMILES string of the molecule is C[C@@H]1CN(c2cnc(C(F)(F)F)cn2)C[C@@H](C)N1C(=O)NC1CC2(C1)CN(Cc1ccccc1)C2. The molecule has 2 atom stereocenters. The van der Waals surface area contributed by atoms with Crippen LogP contribution in [0.25, 0.3) is 0 Å². The largest absolute Gasteiger partial charge is 0.434 e. The van der Waals surface area contributed by atoms with Crippen LogP contribution in [-0.2, 0) is 12.7 Å². The lowest BCUT2D eigenvalue weighted by atomic mass is 9.60. The second kappa shape index (κ2) is 8.96. The Labute approximate surface area is 203 Å². The number of nitrogens with one attached hydrogen (secondary N) is 1. The van der Waals surface area contributed by atoms with Crippen LogP contribution in [0.2, 0.25) is 0 Å². The van der Waals surface area contributed by atoms with E-state index in [4.69, 9.17) is 0 Å². The lowest BCUT2D eigenvalue weighted by molar-refractivity contribution is -0.141. The van der Waals surface area contributed by atoms with Crippen molar-refractivity contribution in [2.24, 2.45) is 5.41 Å². The molecule has 5 rings (SSSR count). The smallest absolute Gasteiger partial charge is 0.351 e. The van der Waals surface area contributed by atoms with E-state index in [9.17, 15) is 18.0 Å². The van der Waals surface area contributed by atoms with Gasteiger partial charge in [0.2, 0.25) is 0 Å². The summed E-state index contributed by atoms with van der Waals surface area (Å²) >= 11 is 0. The minimum absolute atomic E-state index is 0.0662. The molecule has 188 valence electrons. The van der Waals surface area contributed by atoms with E-state index in [0.717, 1.165) is 44.9 Å². The number of hydrogen-bond donors (Lipinski definition) is 1. The Morgan fingerprint density at radius 3 is 2.29 bits per heavy atom. The van der Waals surface area contributed by atoms with Crippen LogP contribution in [0.5, 0.6) is 0 Å². The lowest BCUT2D eigenvalue weighted by Crippen LogP contribution is -2.68. The highest BCUT2D eigenvalue weighted by atomic mass is 19.4. The molecule has 1 aromatic heterocycles. The fourth-order valence-corrected chi connectivity index (χ4v) is 5.99. The maximum atomic E-state index is 13.1. The van der Waals surface area contributed by atoms with Gasteiger partial charge >= 0.3 is 12.2 Å². The quantitative estimate of drug-likeness (QED) is 0.710. The average Bonchev–Trinajstić information content (AvgIpc) is 2.76. The summed E-state index contributed by atoms with van der Waals surface area (Å²) < 4.78 is 38.3. The van der Waals surface area contributed by atoms with E-state index in [1.165, 1.54) is 5.56 Å². The third kappa shape index (κ3) is 4.94. The van der Waals surface area contributed by atoms with E-state index in [-0.39, 0.29) is 24.2 Å². The molecule has 1 aromatic carbocycles. The predicted octanol–water partition coefficient (Wildman–Crippen LogP) is 3.77. The Morgan fingerprint density at radius 1 is 1.06 bits per heavy atom. The van der Waals surface area contributed by atoms with Crippen molar-refractivity contribution in [1.82, 2.24) is 25.1 Å². The van der Waals surface area contributed by atoms with Crippen molar-refractivity contribution in [2.45, 2.75) is 57.5 Å². The minimum Gasteiger partial charge on any atom is -0.351 e. The Hall–Kier alpha value is -2.88. The molecule has 1 spiro atoms. The molecule has 3 fully saturated rings. The van der Waals surface area contributed by atoms with E-state index in [2.05, 4.69) is 44.5 Å². The molecule has 2 saturated heterocycles.